The fraction of sp³-hybridized carbons (Fsp3) is 0.750. The highest BCUT2D eigenvalue weighted by Crippen LogP contribution is 2.20. The first-order valence-electron chi connectivity index (χ1n) is 2.60. The van der Waals surface area contributed by atoms with Gasteiger partial charge in [-0.3, -0.25) is 10.0 Å². The van der Waals surface area contributed by atoms with E-state index >= 15 is 0 Å². The molecule has 2 N–H and O–H groups in total. The molecule has 0 aliphatic heterocycles. The van der Waals surface area contributed by atoms with Gasteiger partial charge < -0.3 is 0 Å². The molecule has 0 radical (unpaired) electrons. The predicted molar refractivity (Wildman–Crippen MR) is 42.2 cm³/mol. The molecule has 0 aliphatic carbocycles. The number of thiol groups is 1. The summed E-state index contributed by atoms with van der Waals surface area (Å²) >= 11 is 3.58. The second-order valence-corrected chi connectivity index (χ2v) is 5.75. The highest BCUT2D eigenvalue weighted by atomic mass is 32.2. The second kappa shape index (κ2) is 3.00. The second-order valence-electron chi connectivity index (χ2n) is 2.20. The van der Waals surface area contributed by atoms with Crippen molar-refractivity contribution in [1.29, 1.82) is 0 Å². The van der Waals surface area contributed by atoms with Crippen molar-refractivity contribution in [1.82, 2.24) is 5.48 Å². The molecule has 0 bridgehead atoms. The molecule has 5 nitrogen and oxygen atoms in total. The van der Waals surface area contributed by atoms with Gasteiger partial charge in [-0.15, -0.1) is 12.6 Å². The van der Waals surface area contributed by atoms with E-state index in [1.807, 2.05) is 0 Å². The van der Waals surface area contributed by atoms with Crippen LogP contribution in [0.1, 0.15) is 6.92 Å². The van der Waals surface area contributed by atoms with Gasteiger partial charge in [-0.2, -0.15) is 0 Å². The maximum atomic E-state index is 10.8. The molecule has 0 saturated carbocycles. The van der Waals surface area contributed by atoms with Gasteiger partial charge in [0, 0.05) is 6.26 Å². The van der Waals surface area contributed by atoms with E-state index in [-0.39, 0.29) is 0 Å². The molecule has 0 spiro atoms. The number of hydrogen-bond donors (Lipinski definition) is 3. The van der Waals surface area contributed by atoms with Crippen molar-refractivity contribution in [3.8, 4) is 0 Å². The van der Waals surface area contributed by atoms with Crippen molar-refractivity contribution in [2.45, 2.75) is 11.0 Å². The minimum absolute atomic E-state index is 0.856. The van der Waals surface area contributed by atoms with E-state index in [0.29, 0.717) is 0 Å². The van der Waals surface area contributed by atoms with Crippen LogP contribution < -0.4 is 5.48 Å². The molecular formula is C4H9NO4S2. The summed E-state index contributed by atoms with van der Waals surface area (Å²) in [5.74, 6) is -1.07. The number of nitrogens with one attached hydrogen (secondary N) is 1. The van der Waals surface area contributed by atoms with Crippen LogP contribution in [-0.4, -0.2) is 29.9 Å². The third-order valence-electron chi connectivity index (χ3n) is 1.24. The topological polar surface area (TPSA) is 83.5 Å². The van der Waals surface area contributed by atoms with E-state index in [9.17, 15) is 13.2 Å². The number of amides is 1. The fourth-order valence-corrected chi connectivity index (χ4v) is 0.705. The molecular weight excluding hydrogens is 190 g/mol. The van der Waals surface area contributed by atoms with Crippen molar-refractivity contribution < 1.29 is 18.4 Å². The molecule has 11 heavy (non-hydrogen) atoms. The van der Waals surface area contributed by atoms with E-state index in [4.69, 9.17) is 5.21 Å². The van der Waals surface area contributed by atoms with E-state index in [2.05, 4.69) is 12.6 Å². The first-order chi connectivity index (χ1) is 4.73. The fourth-order valence-electron chi connectivity index (χ4n) is 0.272. The molecule has 1 amide bonds. The van der Waals surface area contributed by atoms with Crippen molar-refractivity contribution in [3.05, 3.63) is 0 Å². The predicted octanol–water partition coefficient (Wildman–Crippen LogP) is -0.818. The quantitative estimate of drug-likeness (QED) is 0.308. The minimum Gasteiger partial charge on any atom is -0.289 e. The summed E-state index contributed by atoms with van der Waals surface area (Å²) in [5, 5.41) is 8.12. The lowest BCUT2D eigenvalue weighted by molar-refractivity contribution is -0.129. The van der Waals surface area contributed by atoms with E-state index in [1.165, 1.54) is 5.48 Å². The number of rotatable bonds is 2. The maximum Gasteiger partial charge on any atom is 0.274 e. The Morgan fingerprint density at radius 1 is 1.64 bits per heavy atom. The van der Waals surface area contributed by atoms with E-state index in [0.717, 1.165) is 13.2 Å². The third kappa shape index (κ3) is 2.08. The van der Waals surface area contributed by atoms with Crippen LogP contribution in [0.25, 0.3) is 0 Å². The molecule has 66 valence electrons. The number of hydrogen-bond acceptors (Lipinski definition) is 5. The zero-order valence-electron chi connectivity index (χ0n) is 6.03. The lowest BCUT2D eigenvalue weighted by Gasteiger charge is -2.17. The molecule has 0 aromatic rings. The number of sulfone groups is 1. The largest absolute Gasteiger partial charge is 0.289 e. The Morgan fingerprint density at radius 3 is 2.09 bits per heavy atom. The average molecular weight is 199 g/mol. The SMILES string of the molecule is CC(S)(C(=O)NO)S(C)(=O)=O. The first kappa shape index (κ1) is 10.7. The highest BCUT2D eigenvalue weighted by molar-refractivity contribution is 8.07. The Balaban J connectivity index is 4.90. The zero-order chi connectivity index (χ0) is 9.28. The van der Waals surface area contributed by atoms with Crippen LogP contribution in [0, 0.1) is 0 Å². The molecule has 7 heteroatoms. The van der Waals surface area contributed by atoms with Crippen molar-refractivity contribution >= 4 is 28.4 Å². The molecule has 0 aromatic heterocycles. The molecule has 1 atom stereocenters. The number of hydroxylamine groups is 1. The molecule has 0 rings (SSSR count). The zero-order valence-corrected chi connectivity index (χ0v) is 7.74. The Morgan fingerprint density at radius 2 is 2.00 bits per heavy atom. The van der Waals surface area contributed by atoms with Gasteiger partial charge in [-0.25, -0.2) is 13.9 Å². The average Bonchev–Trinajstić information content (AvgIpc) is 1.83. The maximum absolute atomic E-state index is 10.8. The van der Waals surface area contributed by atoms with Crippen molar-refractivity contribution in [2.24, 2.45) is 0 Å². The lowest BCUT2D eigenvalue weighted by Crippen LogP contribution is -2.44. The van der Waals surface area contributed by atoms with Gasteiger partial charge in [0.15, 0.2) is 13.9 Å². The highest BCUT2D eigenvalue weighted by Gasteiger charge is 2.39. The van der Waals surface area contributed by atoms with E-state index in [1.54, 1.807) is 0 Å². The monoisotopic (exact) mass is 199 g/mol. The Bertz CT molecular complexity index is 255. The Hall–Kier alpha value is -0.270. The molecule has 0 heterocycles. The van der Waals surface area contributed by atoms with E-state index < -0.39 is 19.8 Å². The van der Waals surface area contributed by atoms with Crippen LogP contribution in [0.3, 0.4) is 0 Å². The molecule has 0 aromatic carbocycles. The van der Waals surface area contributed by atoms with Crippen LogP contribution in [-0.2, 0) is 14.6 Å². The van der Waals surface area contributed by atoms with Gasteiger partial charge in [-0.1, -0.05) is 0 Å². The summed E-state index contributed by atoms with van der Waals surface area (Å²) in [4.78, 5) is 10.7. The van der Waals surface area contributed by atoms with Crippen molar-refractivity contribution in [2.75, 3.05) is 6.26 Å². The smallest absolute Gasteiger partial charge is 0.274 e. The van der Waals surface area contributed by atoms with Gasteiger partial charge in [0.25, 0.3) is 5.91 Å². The van der Waals surface area contributed by atoms with Crippen LogP contribution in [0.2, 0.25) is 0 Å². The summed E-state index contributed by atoms with van der Waals surface area (Å²) in [7, 11) is -3.62. The normalized spacial score (nSPS) is 17.1. The molecule has 0 aliphatic rings. The van der Waals surface area contributed by atoms with Crippen molar-refractivity contribution in [3.63, 3.8) is 0 Å². The molecule has 1 unspecified atom stereocenters. The summed E-state index contributed by atoms with van der Waals surface area (Å²) in [6.07, 6.45) is 0.856. The summed E-state index contributed by atoms with van der Waals surface area (Å²) in [6.45, 7) is 1.08. The molecule has 0 fully saturated rings. The van der Waals surface area contributed by atoms with Gasteiger partial charge in [-0.05, 0) is 6.92 Å². The summed E-state index contributed by atoms with van der Waals surface area (Å²) in [5.41, 5.74) is 1.22. The van der Waals surface area contributed by atoms with Crippen LogP contribution in [0.5, 0.6) is 0 Å². The van der Waals surface area contributed by atoms with Crippen LogP contribution >= 0.6 is 12.6 Å². The van der Waals surface area contributed by atoms with Gasteiger partial charge in [0.2, 0.25) is 0 Å². The van der Waals surface area contributed by atoms with Gasteiger partial charge in [0.05, 0.1) is 0 Å². The van der Waals surface area contributed by atoms with Gasteiger partial charge >= 0.3 is 0 Å². The summed E-state index contributed by atoms with van der Waals surface area (Å²) < 4.78 is 19.7. The minimum atomic E-state index is -3.62. The van der Waals surface area contributed by atoms with Crippen LogP contribution in [0.15, 0.2) is 0 Å². The lowest BCUT2D eigenvalue weighted by atomic mass is 10.4. The number of carbonyl (C=O) groups excluding carboxylic acids is 1. The standard InChI is InChI=1S/C4H9NO4S2/c1-4(10,3(6)5-7)11(2,8)9/h7,10H,1-2H3,(H,5,6). The van der Waals surface area contributed by atoms with Crippen LogP contribution in [0.4, 0.5) is 0 Å². The Kier molecular flexibility index (Phi) is 2.92. The number of carbonyl (C=O) groups is 1. The van der Waals surface area contributed by atoms with Gasteiger partial charge in [0.1, 0.15) is 0 Å². The third-order valence-corrected chi connectivity index (χ3v) is 4.07. The Labute approximate surface area is 70.1 Å². The first-order valence-corrected chi connectivity index (χ1v) is 4.94. The molecule has 0 saturated heterocycles. The summed E-state index contributed by atoms with van der Waals surface area (Å²) in [6, 6.07) is 0.